The lowest BCUT2D eigenvalue weighted by atomic mass is 9.73. The highest BCUT2D eigenvalue weighted by Gasteiger charge is 2.53. The van der Waals surface area contributed by atoms with Crippen molar-refractivity contribution < 1.29 is 19.1 Å². The van der Waals surface area contributed by atoms with Crippen LogP contribution in [0.3, 0.4) is 0 Å². The molecule has 2 amide bonds. The number of ether oxygens (including phenoxy) is 2. The number of benzene rings is 2. The summed E-state index contributed by atoms with van der Waals surface area (Å²) in [7, 11) is 0. The van der Waals surface area contributed by atoms with Gasteiger partial charge >= 0.3 is 0 Å². The lowest BCUT2D eigenvalue weighted by Gasteiger charge is -2.39. The topological polar surface area (TPSA) is 67.9 Å². The SMILES string of the molecule is CC(C)C(=O)N1C[C@@H]2c3cccc4c3OC[C@]2(CNC(=O)CCc2cccc(c2)O4)C1. The monoisotopic (exact) mass is 420 g/mol. The number of hydrogen-bond donors (Lipinski definition) is 1. The van der Waals surface area contributed by atoms with Crippen LogP contribution in [0.15, 0.2) is 42.5 Å². The van der Waals surface area contributed by atoms with E-state index in [1.807, 2.05) is 55.1 Å². The minimum Gasteiger partial charge on any atom is -0.489 e. The fraction of sp³-hybridized carbons (Fsp3) is 0.440. The summed E-state index contributed by atoms with van der Waals surface area (Å²) in [6, 6.07) is 13.8. The van der Waals surface area contributed by atoms with Crippen molar-refractivity contribution >= 4 is 11.8 Å². The van der Waals surface area contributed by atoms with E-state index in [1.165, 1.54) is 0 Å². The predicted molar refractivity (Wildman–Crippen MR) is 116 cm³/mol. The normalized spacial score (nSPS) is 24.7. The summed E-state index contributed by atoms with van der Waals surface area (Å²) in [5.41, 5.74) is 1.76. The Morgan fingerprint density at radius 2 is 2.03 bits per heavy atom. The van der Waals surface area contributed by atoms with Gasteiger partial charge in [-0.05, 0) is 30.2 Å². The van der Waals surface area contributed by atoms with Gasteiger partial charge in [-0.2, -0.15) is 0 Å². The molecule has 5 rings (SSSR count). The van der Waals surface area contributed by atoms with Crippen LogP contribution < -0.4 is 14.8 Å². The van der Waals surface area contributed by atoms with Crippen LogP contribution in [0.25, 0.3) is 0 Å². The van der Waals surface area contributed by atoms with Crippen molar-refractivity contribution in [2.45, 2.75) is 32.6 Å². The number of para-hydroxylation sites is 1. The van der Waals surface area contributed by atoms with Crippen molar-refractivity contribution in [3.63, 3.8) is 0 Å². The molecule has 0 radical (unpaired) electrons. The summed E-state index contributed by atoms with van der Waals surface area (Å²) in [6.07, 6.45) is 1.07. The van der Waals surface area contributed by atoms with E-state index >= 15 is 0 Å². The van der Waals surface area contributed by atoms with Crippen LogP contribution in [-0.4, -0.2) is 43.0 Å². The Balaban J connectivity index is 1.58. The van der Waals surface area contributed by atoms with Crippen LogP contribution in [0.5, 0.6) is 17.2 Å². The Bertz CT molecular complexity index is 1030. The van der Waals surface area contributed by atoms with Gasteiger partial charge in [0.1, 0.15) is 5.75 Å². The lowest BCUT2D eigenvalue weighted by Crippen LogP contribution is -2.48. The highest BCUT2D eigenvalue weighted by molar-refractivity contribution is 5.79. The Labute approximate surface area is 182 Å². The van der Waals surface area contributed by atoms with E-state index < -0.39 is 0 Å². The van der Waals surface area contributed by atoms with Gasteiger partial charge in [0.15, 0.2) is 11.5 Å². The molecular formula is C25H28N2O4. The second kappa shape index (κ2) is 7.59. The first-order valence-corrected chi connectivity index (χ1v) is 11.0. The predicted octanol–water partition coefficient (Wildman–Crippen LogP) is 3.50. The Morgan fingerprint density at radius 1 is 1.19 bits per heavy atom. The second-order valence-corrected chi connectivity index (χ2v) is 9.28. The quantitative estimate of drug-likeness (QED) is 0.767. The Morgan fingerprint density at radius 3 is 2.87 bits per heavy atom. The number of fused-ring (bicyclic) bond motifs is 4. The lowest BCUT2D eigenvalue weighted by molar-refractivity contribution is -0.133. The van der Waals surface area contributed by atoms with E-state index in [4.69, 9.17) is 9.47 Å². The first-order valence-electron chi connectivity index (χ1n) is 11.0. The maximum atomic E-state index is 12.8. The first kappa shape index (κ1) is 19.9. The van der Waals surface area contributed by atoms with E-state index in [9.17, 15) is 9.59 Å². The van der Waals surface area contributed by atoms with Crippen molar-refractivity contribution in [2.24, 2.45) is 11.3 Å². The standard InChI is InChI=1S/C25H28N2O4/c1-16(2)24(29)27-12-20-19-7-4-8-21-23(19)30-15-25(20,14-27)13-26-22(28)10-9-17-5-3-6-18(11-17)31-21/h3-8,11,16,20H,9-10,12-15H2,1-2H3,(H,26,28)/t20-,25+/m1/s1. The maximum absolute atomic E-state index is 12.8. The highest BCUT2D eigenvalue weighted by Crippen LogP contribution is 2.52. The van der Waals surface area contributed by atoms with Crippen molar-refractivity contribution in [3.05, 3.63) is 53.6 Å². The number of nitrogens with one attached hydrogen (secondary N) is 1. The number of hydrogen-bond acceptors (Lipinski definition) is 4. The average molecular weight is 421 g/mol. The Kier molecular flexibility index (Phi) is 4.88. The third-order valence-corrected chi connectivity index (χ3v) is 6.75. The number of carbonyl (C=O) groups excluding carboxylic acids is 2. The number of aryl methyl sites for hydroxylation is 1. The minimum atomic E-state index is -0.343. The second-order valence-electron chi connectivity index (χ2n) is 9.28. The Hall–Kier alpha value is -3.02. The summed E-state index contributed by atoms with van der Waals surface area (Å²) < 4.78 is 12.5. The van der Waals surface area contributed by atoms with Gasteiger partial charge in [-0.25, -0.2) is 0 Å². The average Bonchev–Trinajstić information content (AvgIpc) is 3.16. The van der Waals surface area contributed by atoms with Crippen molar-refractivity contribution in [2.75, 3.05) is 26.2 Å². The number of rotatable bonds is 1. The molecule has 4 bridgehead atoms. The van der Waals surface area contributed by atoms with Crippen LogP contribution in [0.2, 0.25) is 0 Å². The summed E-state index contributed by atoms with van der Waals surface area (Å²) >= 11 is 0. The van der Waals surface area contributed by atoms with Crippen LogP contribution in [0.1, 0.15) is 37.3 Å². The molecule has 31 heavy (non-hydrogen) atoms. The zero-order valence-electron chi connectivity index (χ0n) is 18.0. The molecule has 2 atom stereocenters. The van der Waals surface area contributed by atoms with Crippen LogP contribution >= 0.6 is 0 Å². The summed E-state index contributed by atoms with van der Waals surface area (Å²) in [5, 5.41) is 3.15. The smallest absolute Gasteiger partial charge is 0.225 e. The largest absolute Gasteiger partial charge is 0.489 e. The molecule has 3 aliphatic rings. The van der Waals surface area contributed by atoms with Crippen LogP contribution in [0, 0.1) is 11.3 Å². The number of amides is 2. The molecule has 0 unspecified atom stereocenters. The maximum Gasteiger partial charge on any atom is 0.225 e. The van der Waals surface area contributed by atoms with Gasteiger partial charge in [-0.15, -0.1) is 0 Å². The molecule has 3 heterocycles. The molecule has 2 aromatic rings. The fourth-order valence-electron chi connectivity index (χ4n) is 5.08. The molecule has 1 fully saturated rings. The highest BCUT2D eigenvalue weighted by atomic mass is 16.5. The molecule has 0 aromatic heterocycles. The van der Waals surface area contributed by atoms with Gasteiger partial charge in [0.05, 0.1) is 6.61 Å². The first-order chi connectivity index (χ1) is 14.9. The van der Waals surface area contributed by atoms with Gasteiger partial charge in [-0.3, -0.25) is 9.59 Å². The molecule has 0 saturated carbocycles. The molecule has 6 heteroatoms. The molecular weight excluding hydrogens is 392 g/mol. The van der Waals surface area contributed by atoms with Crippen molar-refractivity contribution in [1.82, 2.24) is 10.2 Å². The minimum absolute atomic E-state index is 0.0182. The molecule has 3 aliphatic heterocycles. The summed E-state index contributed by atoms with van der Waals surface area (Å²) in [6.45, 7) is 5.99. The van der Waals surface area contributed by atoms with Gasteiger partial charge in [-0.1, -0.05) is 38.1 Å². The van der Waals surface area contributed by atoms with Crippen LogP contribution in [-0.2, 0) is 16.0 Å². The van der Waals surface area contributed by atoms with Crippen LogP contribution in [0.4, 0.5) is 0 Å². The molecule has 1 N–H and O–H groups in total. The van der Waals surface area contributed by atoms with E-state index in [0.717, 1.165) is 22.6 Å². The number of nitrogens with zero attached hydrogens (tertiary/aromatic N) is 1. The third kappa shape index (κ3) is 3.54. The zero-order valence-corrected chi connectivity index (χ0v) is 18.0. The molecule has 1 spiro atoms. The van der Waals surface area contributed by atoms with Gasteiger partial charge in [0.25, 0.3) is 0 Å². The number of carbonyl (C=O) groups is 2. The molecule has 2 aromatic carbocycles. The molecule has 1 saturated heterocycles. The fourth-order valence-corrected chi connectivity index (χ4v) is 5.08. The van der Waals surface area contributed by atoms with E-state index in [2.05, 4.69) is 11.4 Å². The van der Waals surface area contributed by atoms with Crippen molar-refractivity contribution in [1.29, 1.82) is 0 Å². The van der Waals surface area contributed by atoms with Crippen molar-refractivity contribution in [3.8, 4) is 17.2 Å². The third-order valence-electron chi connectivity index (χ3n) is 6.75. The summed E-state index contributed by atoms with van der Waals surface area (Å²) in [5.74, 6) is 2.34. The van der Waals surface area contributed by atoms with E-state index in [-0.39, 0.29) is 29.1 Å². The van der Waals surface area contributed by atoms with Gasteiger partial charge in [0, 0.05) is 48.9 Å². The summed E-state index contributed by atoms with van der Waals surface area (Å²) in [4.78, 5) is 27.4. The number of likely N-dealkylation sites (tertiary alicyclic amines) is 1. The van der Waals surface area contributed by atoms with E-state index in [1.54, 1.807) is 0 Å². The van der Waals surface area contributed by atoms with Gasteiger partial charge < -0.3 is 19.7 Å². The molecule has 6 nitrogen and oxygen atoms in total. The van der Waals surface area contributed by atoms with E-state index in [0.29, 0.717) is 44.8 Å². The van der Waals surface area contributed by atoms with Gasteiger partial charge in [0.2, 0.25) is 11.8 Å². The molecule has 162 valence electrons. The zero-order chi connectivity index (χ0) is 21.6. The molecule has 0 aliphatic carbocycles.